The van der Waals surface area contributed by atoms with Gasteiger partial charge in [0, 0.05) is 22.5 Å². The van der Waals surface area contributed by atoms with Crippen LogP contribution in [0, 0.1) is 0 Å². The zero-order valence-electron chi connectivity index (χ0n) is 10.8. The molecule has 1 unspecified atom stereocenters. The minimum Gasteiger partial charge on any atom is -0.487 e. The molecule has 2 aliphatic rings. The van der Waals surface area contributed by atoms with Crippen molar-refractivity contribution < 1.29 is 4.74 Å². The molecule has 0 saturated heterocycles. The summed E-state index contributed by atoms with van der Waals surface area (Å²) in [5.41, 5.74) is 7.20. The lowest BCUT2D eigenvalue weighted by Crippen LogP contribution is -2.51. The van der Waals surface area contributed by atoms with Crippen LogP contribution >= 0.6 is 11.6 Å². The van der Waals surface area contributed by atoms with Gasteiger partial charge in [0.15, 0.2) is 0 Å². The minimum atomic E-state index is -0.337. The van der Waals surface area contributed by atoms with Crippen LogP contribution in [0.2, 0.25) is 5.02 Å². The molecule has 1 saturated carbocycles. The number of benzene rings is 1. The number of halogens is 1. The lowest BCUT2D eigenvalue weighted by atomic mass is 9.72. The summed E-state index contributed by atoms with van der Waals surface area (Å²) in [5, 5.41) is 0.730. The van der Waals surface area contributed by atoms with E-state index in [1.807, 2.05) is 18.2 Å². The molecule has 2 N–H and O–H groups in total. The Morgan fingerprint density at radius 2 is 1.94 bits per heavy atom. The fourth-order valence-corrected chi connectivity index (χ4v) is 3.72. The largest absolute Gasteiger partial charge is 0.487 e. The SMILES string of the molecule is CC1(N)CC2(CCCCC2)Oc2ccc(Cl)cc21. The Labute approximate surface area is 113 Å². The second-order valence-corrected chi connectivity index (χ2v) is 6.52. The Bertz CT molecular complexity index is 464. The van der Waals surface area contributed by atoms with Crippen molar-refractivity contribution in [3.8, 4) is 5.75 Å². The molecule has 1 fully saturated rings. The fourth-order valence-electron chi connectivity index (χ4n) is 3.55. The van der Waals surface area contributed by atoms with Gasteiger partial charge in [0.2, 0.25) is 0 Å². The maximum absolute atomic E-state index is 6.53. The van der Waals surface area contributed by atoms with Crippen molar-refractivity contribution in [3.63, 3.8) is 0 Å². The first-order valence-electron chi connectivity index (χ1n) is 6.79. The van der Waals surface area contributed by atoms with Crippen LogP contribution in [-0.2, 0) is 5.54 Å². The summed E-state index contributed by atoms with van der Waals surface area (Å²) in [6, 6.07) is 5.81. The molecule has 3 heteroatoms. The molecule has 1 aliphatic carbocycles. The third-order valence-electron chi connectivity index (χ3n) is 4.34. The van der Waals surface area contributed by atoms with Crippen LogP contribution in [0.15, 0.2) is 18.2 Å². The Morgan fingerprint density at radius 3 is 2.67 bits per heavy atom. The van der Waals surface area contributed by atoms with Crippen molar-refractivity contribution >= 4 is 11.6 Å². The number of hydrogen-bond donors (Lipinski definition) is 1. The van der Waals surface area contributed by atoms with E-state index < -0.39 is 0 Å². The molecule has 1 heterocycles. The normalized spacial score (nSPS) is 29.7. The fraction of sp³-hybridized carbons (Fsp3) is 0.600. The maximum atomic E-state index is 6.53. The smallest absolute Gasteiger partial charge is 0.125 e. The number of hydrogen-bond acceptors (Lipinski definition) is 2. The molecule has 3 rings (SSSR count). The Hall–Kier alpha value is -0.730. The van der Waals surface area contributed by atoms with Gasteiger partial charge < -0.3 is 10.5 Å². The minimum absolute atomic E-state index is 0.0391. The lowest BCUT2D eigenvalue weighted by Gasteiger charge is -2.47. The molecule has 1 aromatic carbocycles. The van der Waals surface area contributed by atoms with Gasteiger partial charge in [-0.2, -0.15) is 0 Å². The predicted octanol–water partition coefficient (Wildman–Crippen LogP) is 4.00. The Balaban J connectivity index is 2.02. The summed E-state index contributed by atoms with van der Waals surface area (Å²) in [4.78, 5) is 0. The molecule has 1 atom stereocenters. The summed E-state index contributed by atoms with van der Waals surface area (Å²) < 4.78 is 6.31. The standard InChI is InChI=1S/C15H20ClNO/c1-14(17)10-15(7-3-2-4-8-15)18-13-6-5-11(16)9-12(13)14/h5-6,9H,2-4,7-8,10,17H2,1H3. The van der Waals surface area contributed by atoms with Gasteiger partial charge in [-0.25, -0.2) is 0 Å². The van der Waals surface area contributed by atoms with Crippen LogP contribution in [0.3, 0.4) is 0 Å². The van der Waals surface area contributed by atoms with Crippen molar-refractivity contribution in [2.45, 2.75) is 56.6 Å². The highest BCUT2D eigenvalue weighted by Crippen LogP contribution is 2.48. The van der Waals surface area contributed by atoms with Crippen molar-refractivity contribution in [1.29, 1.82) is 0 Å². The van der Waals surface area contributed by atoms with Crippen molar-refractivity contribution in [3.05, 3.63) is 28.8 Å². The van der Waals surface area contributed by atoms with Crippen LogP contribution in [0.1, 0.15) is 51.0 Å². The second-order valence-electron chi connectivity index (χ2n) is 6.08. The first-order valence-corrected chi connectivity index (χ1v) is 7.17. The van der Waals surface area contributed by atoms with Crippen LogP contribution in [0.4, 0.5) is 0 Å². The summed E-state index contributed by atoms with van der Waals surface area (Å²) in [7, 11) is 0. The zero-order valence-corrected chi connectivity index (χ0v) is 11.6. The van der Waals surface area contributed by atoms with Gasteiger partial charge in [-0.05, 0) is 50.8 Å². The zero-order chi connectivity index (χ0) is 12.8. The number of ether oxygens (including phenoxy) is 1. The van der Waals surface area contributed by atoms with Gasteiger partial charge in [-0.1, -0.05) is 18.0 Å². The summed E-state index contributed by atoms with van der Waals surface area (Å²) in [6.07, 6.45) is 6.97. The average Bonchev–Trinajstić information content (AvgIpc) is 2.31. The van der Waals surface area contributed by atoms with Crippen molar-refractivity contribution in [2.24, 2.45) is 5.73 Å². The van der Waals surface area contributed by atoms with E-state index in [-0.39, 0.29) is 11.1 Å². The highest BCUT2D eigenvalue weighted by Gasteiger charge is 2.45. The van der Waals surface area contributed by atoms with Crippen LogP contribution in [0.25, 0.3) is 0 Å². The molecular formula is C15H20ClNO. The molecule has 1 aromatic rings. The van der Waals surface area contributed by atoms with E-state index in [0.717, 1.165) is 35.6 Å². The van der Waals surface area contributed by atoms with Crippen LogP contribution in [0.5, 0.6) is 5.75 Å². The van der Waals surface area contributed by atoms with E-state index in [0.29, 0.717) is 0 Å². The average molecular weight is 266 g/mol. The van der Waals surface area contributed by atoms with Gasteiger partial charge in [0.1, 0.15) is 11.4 Å². The number of fused-ring (bicyclic) bond motifs is 1. The Kier molecular flexibility index (Phi) is 2.83. The van der Waals surface area contributed by atoms with Gasteiger partial charge in [-0.3, -0.25) is 0 Å². The van der Waals surface area contributed by atoms with E-state index in [1.165, 1.54) is 19.3 Å². The van der Waals surface area contributed by atoms with E-state index >= 15 is 0 Å². The predicted molar refractivity (Wildman–Crippen MR) is 74.1 cm³/mol. The van der Waals surface area contributed by atoms with Crippen molar-refractivity contribution in [2.75, 3.05) is 0 Å². The molecule has 2 nitrogen and oxygen atoms in total. The monoisotopic (exact) mass is 265 g/mol. The van der Waals surface area contributed by atoms with Gasteiger partial charge in [0.25, 0.3) is 0 Å². The first-order chi connectivity index (χ1) is 8.51. The summed E-state index contributed by atoms with van der Waals surface area (Å²) >= 11 is 6.07. The van der Waals surface area contributed by atoms with Gasteiger partial charge in [-0.15, -0.1) is 0 Å². The quantitative estimate of drug-likeness (QED) is 0.770. The molecule has 1 aliphatic heterocycles. The van der Waals surface area contributed by atoms with E-state index in [1.54, 1.807) is 0 Å². The molecule has 18 heavy (non-hydrogen) atoms. The third-order valence-corrected chi connectivity index (χ3v) is 4.57. The Morgan fingerprint density at radius 1 is 1.22 bits per heavy atom. The molecule has 0 bridgehead atoms. The third kappa shape index (κ3) is 2.02. The first kappa shape index (κ1) is 12.3. The lowest BCUT2D eigenvalue weighted by molar-refractivity contribution is -0.0146. The second kappa shape index (κ2) is 4.14. The van der Waals surface area contributed by atoms with Crippen LogP contribution < -0.4 is 10.5 Å². The van der Waals surface area contributed by atoms with E-state index in [9.17, 15) is 0 Å². The topological polar surface area (TPSA) is 35.2 Å². The molecule has 0 amide bonds. The maximum Gasteiger partial charge on any atom is 0.125 e. The van der Waals surface area contributed by atoms with Crippen molar-refractivity contribution in [1.82, 2.24) is 0 Å². The molecule has 0 aromatic heterocycles. The summed E-state index contributed by atoms with van der Waals surface area (Å²) in [5.74, 6) is 0.928. The summed E-state index contributed by atoms with van der Waals surface area (Å²) in [6.45, 7) is 2.10. The highest BCUT2D eigenvalue weighted by atomic mass is 35.5. The van der Waals surface area contributed by atoms with E-state index in [4.69, 9.17) is 22.1 Å². The van der Waals surface area contributed by atoms with Crippen LogP contribution in [-0.4, -0.2) is 5.60 Å². The number of rotatable bonds is 0. The van der Waals surface area contributed by atoms with Gasteiger partial charge >= 0.3 is 0 Å². The van der Waals surface area contributed by atoms with Gasteiger partial charge in [0.05, 0.1) is 0 Å². The molecule has 1 spiro atoms. The number of nitrogens with two attached hydrogens (primary N) is 1. The molecule has 98 valence electrons. The molecular weight excluding hydrogens is 246 g/mol. The van der Waals surface area contributed by atoms with E-state index in [2.05, 4.69) is 6.92 Å². The highest BCUT2D eigenvalue weighted by molar-refractivity contribution is 6.30. The molecule has 0 radical (unpaired) electrons.